The third kappa shape index (κ3) is 9.80. The van der Waals surface area contributed by atoms with Crippen LogP contribution in [0.1, 0.15) is 101 Å². The molecule has 0 fully saturated rings. The minimum absolute atomic E-state index is 0. The van der Waals surface area contributed by atoms with Gasteiger partial charge in [0.2, 0.25) is 0 Å². The molecule has 2 aliphatic carbocycles. The van der Waals surface area contributed by atoms with E-state index in [1.54, 1.807) is 22.3 Å². The summed E-state index contributed by atoms with van der Waals surface area (Å²) in [5, 5.41) is 0. The van der Waals surface area contributed by atoms with Crippen LogP contribution in [0.25, 0.3) is 56.7 Å². The van der Waals surface area contributed by atoms with E-state index < -0.39 is 17.4 Å². The van der Waals surface area contributed by atoms with Crippen LogP contribution in [-0.2, 0) is 17.4 Å². The zero-order valence-corrected chi connectivity index (χ0v) is 47.7. The van der Waals surface area contributed by atoms with E-state index in [2.05, 4.69) is 252 Å². The fraction of sp³-hybridized carbons (Fsp3) is 0.212. The van der Waals surface area contributed by atoms with Crippen molar-refractivity contribution in [2.24, 2.45) is 0 Å². The zero-order chi connectivity index (χ0) is 47.3. The first-order chi connectivity index (χ1) is 32.7. The molecule has 4 atom stereocenters. The minimum Gasteiger partial charge on any atom is -0.147 e. The molecule has 0 heterocycles. The van der Waals surface area contributed by atoms with Crippen molar-refractivity contribution < 1.29 is 17.4 Å². The molecule has 0 N–H and O–H groups in total. The monoisotopic (exact) mass is 1050 g/mol. The van der Waals surface area contributed by atoms with E-state index in [0.29, 0.717) is 11.8 Å². The molecule has 10 rings (SSSR count). The van der Waals surface area contributed by atoms with Gasteiger partial charge in [-0.2, -0.15) is 0 Å². The molecule has 354 valence electrons. The Morgan fingerprint density at radius 3 is 0.957 bits per heavy atom. The van der Waals surface area contributed by atoms with E-state index in [1.165, 1.54) is 89.0 Å². The Kier molecular flexibility index (Phi) is 15.1. The molecule has 70 heavy (non-hydrogen) atoms. The average Bonchev–Trinajstić information content (AvgIpc) is 3.93. The van der Waals surface area contributed by atoms with E-state index in [-0.39, 0.29) is 32.1 Å². The number of hydrogen-bond acceptors (Lipinski definition) is 0. The number of benzene rings is 8. The van der Waals surface area contributed by atoms with Crippen LogP contribution in [0.2, 0.25) is 9.26 Å². The predicted octanol–water partition coefficient (Wildman–Crippen LogP) is 18.7. The van der Waals surface area contributed by atoms with Gasteiger partial charge in [-0.05, 0) is 0 Å². The van der Waals surface area contributed by atoms with Crippen LogP contribution in [-0.4, -0.2) is 6.88 Å². The van der Waals surface area contributed by atoms with Crippen LogP contribution in [0.15, 0.2) is 193 Å². The van der Waals surface area contributed by atoms with E-state index in [0.717, 1.165) is 12.8 Å². The molecule has 0 saturated heterocycles. The SMILES string of the molecule is Cc1ccc(-c2ccc(-c3ccc(C)cc3)c3c2C=C(CC(C)c2ccccc2)[CH]3[Zr]([CH3])([CH3])(=[SiH2])[CH]2C(CC(C)c3ccccc3)=Cc3c(-c4ccc(C)cc4)ccc(-c4ccc(C)cc4)c32)cc1.Cl.Cl. The van der Waals surface area contributed by atoms with Gasteiger partial charge >= 0.3 is 412 Å². The Bertz CT molecular complexity index is 3070. The summed E-state index contributed by atoms with van der Waals surface area (Å²) in [5.41, 5.74) is 27.9. The molecular formula is C66H68Cl2SiZr. The second kappa shape index (κ2) is 20.6. The molecule has 0 aliphatic heterocycles. The summed E-state index contributed by atoms with van der Waals surface area (Å²) >= 11 is -4.44. The molecule has 0 amide bonds. The van der Waals surface area contributed by atoms with Crippen LogP contribution < -0.4 is 0 Å². The molecular weight excluding hydrogens is 983 g/mol. The van der Waals surface area contributed by atoms with Gasteiger partial charge in [0.05, 0.1) is 0 Å². The maximum Gasteiger partial charge on any atom is -0.147 e. The summed E-state index contributed by atoms with van der Waals surface area (Å²) < 4.78 is 6.32. The summed E-state index contributed by atoms with van der Waals surface area (Å²) in [4.78, 5) is 0. The standard InChI is InChI=1S/2C32H29.2CH3.2ClH.H2Si.Zr/c2*1-22-9-13-27(14-10-22)29-17-18-30(28-15-11-23(2)12-16-28)32-21-25(20-31(29)32)19-24(3)26-7-5-4-6-8-26;;;;;;/h2*4-18,20-21,24H,19H2,1-3H3;2*1H3;2*1H;1H2;. The number of fused-ring (bicyclic) bond motifs is 2. The Hall–Kier alpha value is -5.08. The minimum atomic E-state index is -4.44. The number of hydrogen-bond donors (Lipinski definition) is 0. The Balaban J connectivity index is 0.00000329. The zero-order valence-electron chi connectivity index (χ0n) is 42.2. The van der Waals surface area contributed by atoms with Crippen molar-refractivity contribution in [3.63, 3.8) is 0 Å². The maximum absolute atomic E-state index is 4.44. The molecule has 2 aliphatic rings. The molecule has 8 aromatic rings. The predicted molar refractivity (Wildman–Crippen MR) is 309 cm³/mol. The van der Waals surface area contributed by atoms with Gasteiger partial charge in [0.15, 0.2) is 0 Å². The number of rotatable bonds is 12. The van der Waals surface area contributed by atoms with Crippen molar-refractivity contribution in [1.29, 1.82) is 0 Å². The van der Waals surface area contributed by atoms with Crippen molar-refractivity contribution in [2.75, 3.05) is 0 Å². The Morgan fingerprint density at radius 1 is 0.386 bits per heavy atom. The number of allylic oxidation sites excluding steroid dienone is 2. The number of halogens is 2. The number of aryl methyl sites for hydroxylation is 4. The van der Waals surface area contributed by atoms with Gasteiger partial charge in [0.1, 0.15) is 0 Å². The molecule has 0 bridgehead atoms. The van der Waals surface area contributed by atoms with Crippen LogP contribution in [0, 0.1) is 27.7 Å². The van der Waals surface area contributed by atoms with Gasteiger partial charge in [-0.25, -0.2) is 0 Å². The van der Waals surface area contributed by atoms with Gasteiger partial charge in [0, 0.05) is 0 Å². The Labute approximate surface area is 433 Å². The fourth-order valence-corrected chi connectivity index (χ4v) is 31.7. The molecule has 0 nitrogen and oxygen atoms in total. The van der Waals surface area contributed by atoms with Crippen molar-refractivity contribution in [3.05, 3.63) is 249 Å². The third-order valence-corrected chi connectivity index (χ3v) is 33.1. The summed E-state index contributed by atoms with van der Waals surface area (Å²) in [6.07, 6.45) is 7.44. The summed E-state index contributed by atoms with van der Waals surface area (Å²) in [5.74, 6) is 0.721. The van der Waals surface area contributed by atoms with Crippen molar-refractivity contribution in [1.82, 2.24) is 0 Å². The third-order valence-electron chi connectivity index (χ3n) is 15.7. The smallest absolute Gasteiger partial charge is 0.147 e. The van der Waals surface area contributed by atoms with Gasteiger partial charge in [-0.1, -0.05) is 0 Å². The van der Waals surface area contributed by atoms with Gasteiger partial charge in [-0.3, -0.25) is 0 Å². The topological polar surface area (TPSA) is 0 Å². The second-order valence-electron chi connectivity index (χ2n) is 21.7. The summed E-state index contributed by atoms with van der Waals surface area (Å²) in [6, 6.07) is 69.7. The molecule has 0 radical (unpaired) electrons. The van der Waals surface area contributed by atoms with E-state index in [4.69, 9.17) is 0 Å². The van der Waals surface area contributed by atoms with E-state index in [9.17, 15) is 0 Å². The molecule has 0 saturated carbocycles. The maximum atomic E-state index is 2.87. The average molecular weight is 1050 g/mol. The summed E-state index contributed by atoms with van der Waals surface area (Å²) in [7, 11) is 0. The largest absolute Gasteiger partial charge is 0.147 e. The first-order valence-electron chi connectivity index (χ1n) is 24.9. The van der Waals surface area contributed by atoms with Gasteiger partial charge in [-0.15, -0.1) is 24.8 Å². The second-order valence-corrected chi connectivity index (χ2v) is 52.2. The van der Waals surface area contributed by atoms with E-state index >= 15 is 0 Å². The van der Waals surface area contributed by atoms with Crippen molar-refractivity contribution >= 4 is 43.8 Å². The van der Waals surface area contributed by atoms with Crippen molar-refractivity contribution in [3.8, 4) is 44.5 Å². The van der Waals surface area contributed by atoms with Gasteiger partial charge < -0.3 is 0 Å². The molecule has 4 heteroatoms. The van der Waals surface area contributed by atoms with Crippen LogP contribution in [0.4, 0.5) is 0 Å². The van der Waals surface area contributed by atoms with E-state index in [1.807, 2.05) is 0 Å². The Morgan fingerprint density at radius 2 is 0.657 bits per heavy atom. The van der Waals surface area contributed by atoms with Gasteiger partial charge in [0.25, 0.3) is 0 Å². The first kappa shape index (κ1) is 51.3. The van der Waals surface area contributed by atoms with Crippen LogP contribution >= 0.6 is 24.8 Å². The molecule has 8 aromatic carbocycles. The normalized spacial score (nSPS) is 16.0. The molecule has 4 unspecified atom stereocenters. The van der Waals surface area contributed by atoms with Crippen molar-refractivity contribution in [2.45, 2.75) is 82.7 Å². The first-order valence-corrected chi connectivity index (χ1v) is 38.6. The van der Waals surface area contributed by atoms with Crippen LogP contribution in [0.5, 0.6) is 0 Å². The molecule has 0 spiro atoms. The fourth-order valence-electron chi connectivity index (χ4n) is 12.2. The van der Waals surface area contributed by atoms with Crippen LogP contribution in [0.3, 0.4) is 0 Å². The summed E-state index contributed by atoms with van der Waals surface area (Å²) in [6.45, 7) is 16.3. The quantitative estimate of drug-likeness (QED) is 0.107. The molecule has 0 aromatic heterocycles.